The van der Waals surface area contributed by atoms with E-state index in [2.05, 4.69) is 15.0 Å². The summed E-state index contributed by atoms with van der Waals surface area (Å²) in [5.74, 6) is -9.85. The fraction of sp³-hybridized carbons (Fsp3) is 0.0455. The molecule has 6 nitrogen and oxygen atoms in total. The number of fused-ring (bicyclic) bond motifs is 1. The second-order valence-corrected chi connectivity index (χ2v) is 7.04. The molecule has 0 spiro atoms. The van der Waals surface area contributed by atoms with E-state index in [0.717, 1.165) is 7.11 Å². The second-order valence-electron chi connectivity index (χ2n) is 6.64. The number of methoxy groups -OCH3 is 1. The number of nitrogens with zero attached hydrogens (tertiary/aromatic N) is 1. The molecule has 0 aliphatic carbocycles. The van der Waals surface area contributed by atoms with Crippen LogP contribution in [0.5, 0.6) is 5.75 Å². The van der Waals surface area contributed by atoms with Crippen molar-refractivity contribution in [1.29, 1.82) is 0 Å². The molecule has 4 rings (SSSR count). The van der Waals surface area contributed by atoms with Gasteiger partial charge in [-0.3, -0.25) is 10.1 Å². The number of carbonyl (C=O) groups excluding carboxylic acids is 1. The molecule has 0 fully saturated rings. The van der Waals surface area contributed by atoms with Gasteiger partial charge in [-0.05, 0) is 48.6 Å². The van der Waals surface area contributed by atoms with Gasteiger partial charge in [0.2, 0.25) is 17.5 Å². The van der Waals surface area contributed by atoms with Crippen molar-refractivity contribution >= 4 is 40.0 Å². The average molecular weight is 475 g/mol. The Morgan fingerprint density at radius 2 is 1.61 bits per heavy atom. The van der Waals surface area contributed by atoms with Crippen molar-refractivity contribution in [3.63, 3.8) is 0 Å². The molecular weight excluding hydrogens is 462 g/mol. The summed E-state index contributed by atoms with van der Waals surface area (Å²) in [6.07, 6.45) is 0. The van der Waals surface area contributed by atoms with Crippen molar-refractivity contribution in [2.75, 3.05) is 12.4 Å². The van der Waals surface area contributed by atoms with Crippen molar-refractivity contribution in [2.24, 2.45) is 0 Å². The Morgan fingerprint density at radius 3 is 2.21 bits per heavy atom. The zero-order chi connectivity index (χ0) is 23.7. The number of aromatic nitrogens is 1. The Balaban J connectivity index is 1.47. The Bertz CT molecular complexity index is 1330. The predicted molar refractivity (Wildman–Crippen MR) is 116 cm³/mol. The number of ether oxygens (including phenoxy) is 1. The van der Waals surface area contributed by atoms with Gasteiger partial charge in [-0.15, -0.1) is 0 Å². The lowest BCUT2D eigenvalue weighted by molar-refractivity contribution is 0.0966. The van der Waals surface area contributed by atoms with Gasteiger partial charge in [0.15, 0.2) is 28.1 Å². The SMILES string of the molecule is COc1c(F)c(F)c(C(=O)NC(=S)Nc2ccc(-c3nc4ccccc4o3)cc2)c(F)c1F. The van der Waals surface area contributed by atoms with Crippen LogP contribution in [0.25, 0.3) is 22.6 Å². The normalized spacial score (nSPS) is 10.8. The van der Waals surface area contributed by atoms with E-state index >= 15 is 0 Å². The number of benzene rings is 3. The largest absolute Gasteiger partial charge is 0.491 e. The predicted octanol–water partition coefficient (Wildman–Crippen LogP) is 5.19. The minimum absolute atomic E-state index is 0.356. The third kappa shape index (κ3) is 4.22. The Morgan fingerprint density at radius 1 is 0.970 bits per heavy atom. The van der Waals surface area contributed by atoms with Crippen LogP contribution in [0.3, 0.4) is 0 Å². The third-order valence-corrected chi connectivity index (χ3v) is 4.77. The molecule has 11 heteroatoms. The van der Waals surface area contributed by atoms with Crippen LogP contribution >= 0.6 is 12.2 Å². The van der Waals surface area contributed by atoms with Gasteiger partial charge in [0.25, 0.3) is 5.91 Å². The van der Waals surface area contributed by atoms with Crippen LogP contribution < -0.4 is 15.4 Å². The van der Waals surface area contributed by atoms with Gasteiger partial charge in [-0.2, -0.15) is 8.78 Å². The zero-order valence-corrected chi connectivity index (χ0v) is 17.5. The number of hydrogen-bond acceptors (Lipinski definition) is 5. The van der Waals surface area contributed by atoms with Crippen molar-refractivity contribution in [3.8, 4) is 17.2 Å². The van der Waals surface area contributed by atoms with Crippen molar-refractivity contribution < 1.29 is 31.5 Å². The van der Waals surface area contributed by atoms with Crippen LogP contribution in [0, 0.1) is 23.3 Å². The van der Waals surface area contributed by atoms with E-state index in [-0.39, 0.29) is 5.11 Å². The van der Waals surface area contributed by atoms with E-state index in [9.17, 15) is 22.4 Å². The van der Waals surface area contributed by atoms with Gasteiger partial charge in [-0.1, -0.05) is 12.1 Å². The number of oxazole rings is 1. The van der Waals surface area contributed by atoms with Crippen molar-refractivity contribution in [3.05, 3.63) is 77.4 Å². The molecule has 2 N–H and O–H groups in total. The van der Waals surface area contributed by atoms with Crippen molar-refractivity contribution in [2.45, 2.75) is 0 Å². The number of anilines is 1. The molecule has 1 heterocycles. The van der Waals surface area contributed by atoms with Crippen molar-refractivity contribution in [1.82, 2.24) is 10.3 Å². The summed E-state index contributed by atoms with van der Waals surface area (Å²) in [5, 5.41) is 4.25. The Kier molecular flexibility index (Phi) is 5.97. The molecule has 0 saturated carbocycles. The van der Waals surface area contributed by atoms with Crippen LogP contribution in [0.1, 0.15) is 10.4 Å². The molecule has 33 heavy (non-hydrogen) atoms. The van der Waals surface area contributed by atoms with E-state index in [1.165, 1.54) is 0 Å². The highest BCUT2D eigenvalue weighted by molar-refractivity contribution is 7.80. The topological polar surface area (TPSA) is 76.4 Å². The lowest BCUT2D eigenvalue weighted by Gasteiger charge is -2.13. The van der Waals surface area contributed by atoms with Gasteiger partial charge < -0.3 is 14.5 Å². The van der Waals surface area contributed by atoms with Crippen LogP contribution in [0.4, 0.5) is 23.2 Å². The number of nitrogens with one attached hydrogen (secondary N) is 2. The number of para-hydroxylation sites is 2. The quantitative estimate of drug-likeness (QED) is 0.241. The summed E-state index contributed by atoms with van der Waals surface area (Å²) in [6, 6.07) is 13.8. The number of hydrogen-bond donors (Lipinski definition) is 2. The molecule has 0 radical (unpaired) electrons. The molecule has 0 unspecified atom stereocenters. The maximum atomic E-state index is 14.1. The fourth-order valence-electron chi connectivity index (χ4n) is 3.01. The maximum Gasteiger partial charge on any atom is 0.263 e. The number of amides is 1. The summed E-state index contributed by atoms with van der Waals surface area (Å²) in [6.45, 7) is 0. The van der Waals surface area contributed by atoms with Gasteiger partial charge in [0.05, 0.1) is 7.11 Å². The second kappa shape index (κ2) is 8.87. The monoisotopic (exact) mass is 475 g/mol. The van der Waals surface area contributed by atoms with E-state index in [1.54, 1.807) is 30.3 Å². The summed E-state index contributed by atoms with van der Waals surface area (Å²) >= 11 is 4.95. The van der Waals surface area contributed by atoms with Gasteiger partial charge in [0, 0.05) is 11.3 Å². The Hall–Kier alpha value is -3.99. The molecule has 1 aromatic heterocycles. The average Bonchev–Trinajstić information content (AvgIpc) is 3.23. The van der Waals surface area contributed by atoms with E-state index in [4.69, 9.17) is 16.6 Å². The summed E-state index contributed by atoms with van der Waals surface area (Å²) in [5.41, 5.74) is 0.934. The minimum atomic E-state index is -1.91. The molecule has 0 saturated heterocycles. The highest BCUT2D eigenvalue weighted by Crippen LogP contribution is 2.30. The zero-order valence-electron chi connectivity index (χ0n) is 16.7. The van der Waals surface area contributed by atoms with Gasteiger partial charge in [0.1, 0.15) is 11.1 Å². The highest BCUT2D eigenvalue weighted by Gasteiger charge is 2.30. The third-order valence-electron chi connectivity index (χ3n) is 4.56. The van der Waals surface area contributed by atoms with Gasteiger partial charge in [-0.25, -0.2) is 13.8 Å². The molecule has 0 aliphatic heterocycles. The first-order valence-corrected chi connectivity index (χ1v) is 9.69. The minimum Gasteiger partial charge on any atom is -0.491 e. The number of carbonyl (C=O) groups is 1. The molecule has 0 bridgehead atoms. The van der Waals surface area contributed by atoms with Crippen LogP contribution in [-0.4, -0.2) is 23.1 Å². The lowest BCUT2D eigenvalue weighted by Crippen LogP contribution is -2.35. The molecular formula is C22H13F4N3O3S. The van der Waals surface area contributed by atoms with Crippen LogP contribution in [0.2, 0.25) is 0 Å². The highest BCUT2D eigenvalue weighted by atomic mass is 32.1. The smallest absolute Gasteiger partial charge is 0.263 e. The molecule has 4 aromatic rings. The number of rotatable bonds is 4. The summed E-state index contributed by atoms with van der Waals surface area (Å²) in [4.78, 5) is 16.6. The first kappa shape index (κ1) is 22.2. The standard InChI is InChI=1S/C22H13F4N3O3S/c1-31-19-17(25)15(23)14(16(24)18(19)26)20(30)29-22(33)27-11-8-6-10(7-9-11)21-28-12-4-2-3-5-13(12)32-21/h2-9H,1H3,(H2,27,29,30,33). The fourth-order valence-corrected chi connectivity index (χ4v) is 3.22. The van der Waals surface area contributed by atoms with E-state index in [1.807, 2.05) is 23.5 Å². The van der Waals surface area contributed by atoms with Gasteiger partial charge >= 0.3 is 0 Å². The maximum absolute atomic E-state index is 14.1. The molecule has 1 amide bonds. The molecule has 168 valence electrons. The van der Waals surface area contributed by atoms with Crippen LogP contribution in [-0.2, 0) is 0 Å². The first-order chi connectivity index (χ1) is 15.8. The molecule has 0 atom stereocenters. The Labute approximate surface area is 189 Å². The lowest BCUT2D eigenvalue weighted by atomic mass is 10.1. The van der Waals surface area contributed by atoms with E-state index < -0.39 is 40.5 Å². The summed E-state index contributed by atoms with van der Waals surface area (Å²) in [7, 11) is 0.828. The molecule has 0 aliphatic rings. The summed E-state index contributed by atoms with van der Waals surface area (Å²) < 4.78 is 65.8. The number of halogens is 4. The van der Waals surface area contributed by atoms with E-state index in [0.29, 0.717) is 28.2 Å². The van der Waals surface area contributed by atoms with Crippen LogP contribution in [0.15, 0.2) is 52.9 Å². The first-order valence-electron chi connectivity index (χ1n) is 9.28. The number of thiocarbonyl (C=S) groups is 1. The molecule has 3 aromatic carbocycles.